The number of benzene rings is 2. The van der Waals surface area contributed by atoms with E-state index in [1.807, 2.05) is 24.3 Å². The Morgan fingerprint density at radius 2 is 1.84 bits per heavy atom. The topological polar surface area (TPSA) is 88.6 Å². The maximum atomic E-state index is 12.8. The van der Waals surface area contributed by atoms with Gasteiger partial charge in [0.2, 0.25) is 15.9 Å². The van der Waals surface area contributed by atoms with Gasteiger partial charge in [-0.25, -0.2) is 13.4 Å². The number of amides is 1. The molecule has 0 saturated carbocycles. The van der Waals surface area contributed by atoms with Crippen LogP contribution in [0.4, 0.5) is 5.13 Å². The van der Waals surface area contributed by atoms with Gasteiger partial charge < -0.3 is 10.1 Å². The fraction of sp³-hybridized carbons (Fsp3) is 0.273. The third-order valence-electron chi connectivity index (χ3n) is 5.70. The minimum absolute atomic E-state index is 0.131. The van der Waals surface area contributed by atoms with Crippen LogP contribution in [0.1, 0.15) is 17.7 Å². The molecule has 1 saturated heterocycles. The number of halogens is 1. The van der Waals surface area contributed by atoms with E-state index in [0.29, 0.717) is 42.7 Å². The molecule has 1 aromatic heterocycles. The average molecular weight is 490 g/mol. The second-order valence-corrected chi connectivity index (χ2v) is 11.2. The molecule has 2 aliphatic heterocycles. The van der Waals surface area contributed by atoms with Gasteiger partial charge >= 0.3 is 0 Å². The zero-order valence-corrected chi connectivity index (χ0v) is 19.3. The number of nitrogens with one attached hydrogen (secondary N) is 1. The second-order valence-electron chi connectivity index (χ2n) is 7.70. The van der Waals surface area contributed by atoms with Crippen molar-refractivity contribution in [3.63, 3.8) is 0 Å². The number of hydrogen-bond acceptors (Lipinski definition) is 6. The van der Waals surface area contributed by atoms with Crippen molar-refractivity contribution in [1.29, 1.82) is 0 Å². The van der Waals surface area contributed by atoms with Crippen LogP contribution in [0.15, 0.2) is 53.4 Å². The van der Waals surface area contributed by atoms with Crippen LogP contribution in [-0.4, -0.2) is 36.7 Å². The fourth-order valence-electron chi connectivity index (χ4n) is 3.97. The van der Waals surface area contributed by atoms with Gasteiger partial charge in [0.1, 0.15) is 12.4 Å². The molecule has 3 aromatic rings. The number of hydrogen-bond donors (Lipinski definition) is 1. The van der Waals surface area contributed by atoms with Crippen molar-refractivity contribution >= 4 is 44.0 Å². The van der Waals surface area contributed by atoms with E-state index in [0.717, 1.165) is 21.9 Å². The summed E-state index contributed by atoms with van der Waals surface area (Å²) >= 11 is 7.27. The van der Waals surface area contributed by atoms with E-state index >= 15 is 0 Å². The number of ether oxygens (including phenoxy) is 1. The molecule has 0 bridgehead atoms. The number of aromatic nitrogens is 1. The van der Waals surface area contributed by atoms with Crippen molar-refractivity contribution in [1.82, 2.24) is 9.29 Å². The molecular weight excluding hydrogens is 470 g/mol. The summed E-state index contributed by atoms with van der Waals surface area (Å²) in [5.41, 5.74) is 1.77. The van der Waals surface area contributed by atoms with E-state index < -0.39 is 10.0 Å². The van der Waals surface area contributed by atoms with Gasteiger partial charge in [-0.15, -0.1) is 0 Å². The summed E-state index contributed by atoms with van der Waals surface area (Å²) in [7, 11) is -3.60. The molecule has 10 heteroatoms. The maximum Gasteiger partial charge on any atom is 0.243 e. The summed E-state index contributed by atoms with van der Waals surface area (Å²) in [5.74, 6) is 0.391. The quantitative estimate of drug-likeness (QED) is 0.587. The Kier molecular flexibility index (Phi) is 5.66. The van der Waals surface area contributed by atoms with E-state index in [1.165, 1.54) is 27.8 Å². The Morgan fingerprint density at radius 1 is 1.12 bits per heavy atom. The standard InChI is InChI=1S/C22H20ClN3O4S2/c23-15-5-7-16(8-6-15)32(28,29)26-11-9-14(10-12-26)21(27)25-22-24-20-17-3-1-2-4-18(17)30-13-19(20)31-22/h1-8,14H,9-13H2,(H,24,25,27). The van der Waals surface area contributed by atoms with Crippen LogP contribution in [0.3, 0.4) is 0 Å². The highest BCUT2D eigenvalue weighted by Gasteiger charge is 2.32. The molecular formula is C22H20ClN3O4S2. The largest absolute Gasteiger partial charge is 0.487 e. The van der Waals surface area contributed by atoms with E-state index in [1.54, 1.807) is 12.1 Å². The monoisotopic (exact) mass is 489 g/mol. The molecule has 0 unspecified atom stereocenters. The lowest BCUT2D eigenvalue weighted by molar-refractivity contribution is -0.120. The number of sulfonamides is 1. The van der Waals surface area contributed by atoms with Crippen molar-refractivity contribution in [2.24, 2.45) is 5.92 Å². The van der Waals surface area contributed by atoms with Gasteiger partial charge in [-0.2, -0.15) is 4.31 Å². The van der Waals surface area contributed by atoms with Crippen molar-refractivity contribution in [2.45, 2.75) is 24.3 Å². The first-order chi connectivity index (χ1) is 15.4. The number of piperidine rings is 1. The summed E-state index contributed by atoms with van der Waals surface area (Å²) in [4.78, 5) is 18.6. The first-order valence-electron chi connectivity index (χ1n) is 10.2. The summed E-state index contributed by atoms with van der Waals surface area (Å²) < 4.78 is 32.9. The van der Waals surface area contributed by atoms with Crippen LogP contribution >= 0.6 is 22.9 Å². The number of anilines is 1. The van der Waals surface area contributed by atoms with E-state index in [-0.39, 0.29) is 16.7 Å². The number of thiazole rings is 1. The lowest BCUT2D eigenvalue weighted by atomic mass is 9.97. The van der Waals surface area contributed by atoms with Gasteiger partial charge in [-0.1, -0.05) is 35.1 Å². The van der Waals surface area contributed by atoms with Crippen LogP contribution in [0.25, 0.3) is 11.3 Å². The predicted octanol–water partition coefficient (Wildman–Crippen LogP) is 4.40. The highest BCUT2D eigenvalue weighted by molar-refractivity contribution is 7.89. The van der Waals surface area contributed by atoms with Gasteiger partial charge in [0.05, 0.1) is 15.5 Å². The Hall–Kier alpha value is -2.46. The highest BCUT2D eigenvalue weighted by Crippen LogP contribution is 2.40. The smallest absolute Gasteiger partial charge is 0.243 e. The summed E-state index contributed by atoms with van der Waals surface area (Å²) in [6.07, 6.45) is 0.908. The first kappa shape index (κ1) is 21.4. The van der Waals surface area contributed by atoms with Crippen LogP contribution in [0.5, 0.6) is 5.75 Å². The summed E-state index contributed by atoms with van der Waals surface area (Å²) in [6, 6.07) is 13.8. The molecule has 0 radical (unpaired) electrons. The molecule has 2 aliphatic rings. The molecule has 7 nitrogen and oxygen atoms in total. The van der Waals surface area contributed by atoms with E-state index in [2.05, 4.69) is 10.3 Å². The molecule has 1 N–H and O–H groups in total. The average Bonchev–Trinajstić information content (AvgIpc) is 3.22. The van der Waals surface area contributed by atoms with Crippen LogP contribution < -0.4 is 10.1 Å². The Labute approximate surface area is 195 Å². The molecule has 2 aromatic carbocycles. The van der Waals surface area contributed by atoms with Gasteiger partial charge in [-0.3, -0.25) is 4.79 Å². The normalized spacial score (nSPS) is 16.7. The predicted molar refractivity (Wildman–Crippen MR) is 123 cm³/mol. The lowest BCUT2D eigenvalue weighted by Crippen LogP contribution is -2.41. The van der Waals surface area contributed by atoms with E-state index in [4.69, 9.17) is 16.3 Å². The molecule has 0 spiro atoms. The van der Waals surface area contributed by atoms with Gasteiger partial charge in [0.15, 0.2) is 5.13 Å². The van der Waals surface area contributed by atoms with Gasteiger partial charge in [0.25, 0.3) is 0 Å². The highest BCUT2D eigenvalue weighted by atomic mass is 35.5. The molecule has 0 atom stereocenters. The molecule has 32 heavy (non-hydrogen) atoms. The Morgan fingerprint density at radius 3 is 2.59 bits per heavy atom. The Bertz CT molecular complexity index is 1270. The van der Waals surface area contributed by atoms with Crippen LogP contribution in [0, 0.1) is 5.92 Å². The summed E-state index contributed by atoms with van der Waals surface area (Å²) in [6.45, 7) is 1.01. The van der Waals surface area contributed by atoms with E-state index in [9.17, 15) is 13.2 Å². The van der Waals surface area contributed by atoms with Gasteiger partial charge in [-0.05, 0) is 49.2 Å². The van der Waals surface area contributed by atoms with Crippen molar-refractivity contribution in [3.8, 4) is 17.0 Å². The van der Waals surface area contributed by atoms with Crippen molar-refractivity contribution in [2.75, 3.05) is 18.4 Å². The van der Waals surface area contributed by atoms with Crippen LogP contribution in [0.2, 0.25) is 5.02 Å². The fourth-order valence-corrected chi connectivity index (χ4v) is 6.45. The maximum absolute atomic E-state index is 12.8. The number of carbonyl (C=O) groups is 1. The number of carbonyl (C=O) groups excluding carboxylic acids is 1. The third-order valence-corrected chi connectivity index (χ3v) is 8.81. The van der Waals surface area contributed by atoms with Gasteiger partial charge in [0, 0.05) is 29.6 Å². The molecule has 1 amide bonds. The minimum Gasteiger partial charge on any atom is -0.487 e. The minimum atomic E-state index is -3.60. The second kappa shape index (κ2) is 8.47. The van der Waals surface area contributed by atoms with Crippen molar-refractivity contribution < 1.29 is 17.9 Å². The number of nitrogens with zero attached hydrogens (tertiary/aromatic N) is 2. The van der Waals surface area contributed by atoms with Crippen LogP contribution in [-0.2, 0) is 21.4 Å². The molecule has 1 fully saturated rings. The first-order valence-corrected chi connectivity index (χ1v) is 12.8. The summed E-state index contributed by atoms with van der Waals surface area (Å²) in [5, 5.41) is 3.94. The number of rotatable bonds is 4. The molecule has 3 heterocycles. The number of fused-ring (bicyclic) bond motifs is 3. The molecule has 5 rings (SSSR count). The number of para-hydroxylation sites is 1. The zero-order chi connectivity index (χ0) is 22.3. The Balaban J connectivity index is 1.23. The molecule has 166 valence electrons. The lowest BCUT2D eigenvalue weighted by Gasteiger charge is -2.30. The van der Waals surface area contributed by atoms with Crippen molar-refractivity contribution in [3.05, 3.63) is 58.4 Å². The SMILES string of the molecule is O=C(Nc1nc2c(s1)COc1ccccc1-2)C1CCN(S(=O)(=O)c2ccc(Cl)cc2)CC1. The molecule has 0 aliphatic carbocycles. The third kappa shape index (κ3) is 4.01. The zero-order valence-electron chi connectivity index (χ0n) is 17.0.